The second-order valence-corrected chi connectivity index (χ2v) is 6.35. The standard InChI is InChI=1S/C17H19NOS/c1-12-7-9-16(10-8-12)20-14(3)17(19)18-15-6-4-5-13(2)11-15/h4-11,14H,1-3H3,(H,18,19)/t14-/m0/s1. The Bertz CT molecular complexity index is 592. The minimum atomic E-state index is -0.127. The topological polar surface area (TPSA) is 29.1 Å². The first-order valence-corrected chi connectivity index (χ1v) is 7.53. The zero-order chi connectivity index (χ0) is 14.5. The molecule has 2 aromatic carbocycles. The summed E-state index contributed by atoms with van der Waals surface area (Å²) in [6.45, 7) is 6.00. The van der Waals surface area contributed by atoms with Crippen LogP contribution in [0.25, 0.3) is 0 Å². The number of hydrogen-bond acceptors (Lipinski definition) is 2. The molecule has 1 amide bonds. The SMILES string of the molecule is Cc1ccc(S[C@@H](C)C(=O)Nc2cccc(C)c2)cc1. The van der Waals surface area contributed by atoms with Gasteiger partial charge in [-0.05, 0) is 50.6 Å². The molecule has 0 saturated heterocycles. The molecule has 0 unspecified atom stereocenters. The van der Waals surface area contributed by atoms with Crippen molar-refractivity contribution in [1.29, 1.82) is 0 Å². The highest BCUT2D eigenvalue weighted by atomic mass is 32.2. The van der Waals surface area contributed by atoms with Gasteiger partial charge in [-0.2, -0.15) is 0 Å². The summed E-state index contributed by atoms with van der Waals surface area (Å²) < 4.78 is 0. The fourth-order valence-corrected chi connectivity index (χ4v) is 2.71. The third kappa shape index (κ3) is 4.14. The number of benzene rings is 2. The Labute approximate surface area is 124 Å². The molecule has 0 aromatic heterocycles. The van der Waals surface area contributed by atoms with Crippen LogP contribution in [0.3, 0.4) is 0 Å². The van der Waals surface area contributed by atoms with Crippen LogP contribution in [-0.2, 0) is 4.79 Å². The van der Waals surface area contributed by atoms with Crippen molar-refractivity contribution in [2.45, 2.75) is 30.9 Å². The molecule has 2 nitrogen and oxygen atoms in total. The summed E-state index contributed by atoms with van der Waals surface area (Å²) in [6, 6.07) is 16.1. The maximum atomic E-state index is 12.2. The average Bonchev–Trinajstić information content (AvgIpc) is 2.41. The number of nitrogens with one attached hydrogen (secondary N) is 1. The lowest BCUT2D eigenvalue weighted by Crippen LogP contribution is -2.22. The van der Waals surface area contributed by atoms with E-state index < -0.39 is 0 Å². The van der Waals surface area contributed by atoms with Gasteiger partial charge in [-0.1, -0.05) is 29.8 Å². The van der Waals surface area contributed by atoms with Gasteiger partial charge in [-0.3, -0.25) is 4.79 Å². The molecule has 0 aliphatic heterocycles. The van der Waals surface area contributed by atoms with Crippen LogP contribution >= 0.6 is 11.8 Å². The van der Waals surface area contributed by atoms with Crippen molar-refractivity contribution in [2.75, 3.05) is 5.32 Å². The van der Waals surface area contributed by atoms with Gasteiger partial charge in [0.1, 0.15) is 0 Å². The summed E-state index contributed by atoms with van der Waals surface area (Å²) in [5.41, 5.74) is 3.22. The molecule has 1 atom stereocenters. The van der Waals surface area contributed by atoms with Gasteiger partial charge in [0.2, 0.25) is 5.91 Å². The zero-order valence-corrected chi connectivity index (χ0v) is 12.8. The van der Waals surface area contributed by atoms with E-state index in [0.717, 1.165) is 16.1 Å². The Morgan fingerprint density at radius 2 is 1.75 bits per heavy atom. The van der Waals surface area contributed by atoms with Crippen LogP contribution in [-0.4, -0.2) is 11.2 Å². The predicted molar refractivity (Wildman–Crippen MR) is 86.3 cm³/mol. The molecule has 2 aromatic rings. The molecule has 0 fully saturated rings. The van der Waals surface area contributed by atoms with Crippen LogP contribution in [0.15, 0.2) is 53.4 Å². The first kappa shape index (κ1) is 14.7. The van der Waals surface area contributed by atoms with E-state index in [1.807, 2.05) is 38.1 Å². The van der Waals surface area contributed by atoms with E-state index in [-0.39, 0.29) is 11.2 Å². The smallest absolute Gasteiger partial charge is 0.237 e. The van der Waals surface area contributed by atoms with Gasteiger partial charge in [0.15, 0.2) is 0 Å². The number of amides is 1. The molecular formula is C17H19NOS. The number of carbonyl (C=O) groups is 1. The highest BCUT2D eigenvalue weighted by Crippen LogP contribution is 2.24. The van der Waals surface area contributed by atoms with Gasteiger partial charge in [-0.15, -0.1) is 11.8 Å². The van der Waals surface area contributed by atoms with Crippen LogP contribution in [0.4, 0.5) is 5.69 Å². The maximum absolute atomic E-state index is 12.2. The molecule has 1 N–H and O–H groups in total. The maximum Gasteiger partial charge on any atom is 0.237 e. The van der Waals surface area contributed by atoms with Crippen LogP contribution in [0.5, 0.6) is 0 Å². The molecule has 0 aliphatic rings. The van der Waals surface area contributed by atoms with Gasteiger partial charge in [-0.25, -0.2) is 0 Å². The fourth-order valence-electron chi connectivity index (χ4n) is 1.84. The lowest BCUT2D eigenvalue weighted by Gasteiger charge is -2.12. The fraction of sp³-hybridized carbons (Fsp3) is 0.235. The van der Waals surface area contributed by atoms with Crippen LogP contribution < -0.4 is 5.32 Å². The molecular weight excluding hydrogens is 266 g/mol. The van der Waals surface area contributed by atoms with E-state index in [2.05, 4.69) is 36.5 Å². The van der Waals surface area contributed by atoms with E-state index in [0.29, 0.717) is 0 Å². The lowest BCUT2D eigenvalue weighted by molar-refractivity contribution is -0.115. The Balaban J connectivity index is 1.96. The van der Waals surface area contributed by atoms with Gasteiger partial charge in [0.05, 0.1) is 5.25 Å². The summed E-state index contributed by atoms with van der Waals surface area (Å²) in [5, 5.41) is 2.83. The normalized spacial score (nSPS) is 11.9. The monoisotopic (exact) mass is 285 g/mol. The second kappa shape index (κ2) is 6.62. The molecule has 0 saturated carbocycles. The van der Waals surface area contributed by atoms with E-state index in [1.54, 1.807) is 11.8 Å². The Kier molecular flexibility index (Phi) is 4.85. The number of thioether (sulfide) groups is 1. The van der Waals surface area contributed by atoms with Crippen molar-refractivity contribution in [3.05, 3.63) is 59.7 Å². The van der Waals surface area contributed by atoms with E-state index in [9.17, 15) is 4.79 Å². The third-order valence-corrected chi connectivity index (χ3v) is 4.10. The van der Waals surface area contributed by atoms with Crippen molar-refractivity contribution in [3.63, 3.8) is 0 Å². The number of hydrogen-bond donors (Lipinski definition) is 1. The minimum Gasteiger partial charge on any atom is -0.325 e. The molecule has 0 bridgehead atoms. The van der Waals surface area contributed by atoms with Crippen LogP contribution in [0.1, 0.15) is 18.1 Å². The first-order chi connectivity index (χ1) is 9.54. The summed E-state index contributed by atoms with van der Waals surface area (Å²) in [6.07, 6.45) is 0. The van der Waals surface area contributed by atoms with Crippen molar-refractivity contribution in [3.8, 4) is 0 Å². The van der Waals surface area contributed by atoms with E-state index in [4.69, 9.17) is 0 Å². The first-order valence-electron chi connectivity index (χ1n) is 6.65. The Morgan fingerprint density at radius 3 is 2.40 bits per heavy atom. The molecule has 20 heavy (non-hydrogen) atoms. The molecule has 0 radical (unpaired) electrons. The van der Waals surface area contributed by atoms with E-state index in [1.165, 1.54) is 5.56 Å². The Morgan fingerprint density at radius 1 is 1.05 bits per heavy atom. The number of carbonyl (C=O) groups excluding carboxylic acids is 1. The molecule has 0 aliphatic carbocycles. The van der Waals surface area contributed by atoms with Crippen molar-refractivity contribution in [1.82, 2.24) is 0 Å². The highest BCUT2D eigenvalue weighted by Gasteiger charge is 2.14. The average molecular weight is 285 g/mol. The van der Waals surface area contributed by atoms with Crippen LogP contribution in [0, 0.1) is 13.8 Å². The molecule has 2 rings (SSSR count). The van der Waals surface area contributed by atoms with Crippen molar-refractivity contribution < 1.29 is 4.79 Å². The number of aryl methyl sites for hydroxylation is 2. The number of rotatable bonds is 4. The van der Waals surface area contributed by atoms with Crippen molar-refractivity contribution >= 4 is 23.4 Å². The third-order valence-electron chi connectivity index (χ3n) is 2.99. The largest absolute Gasteiger partial charge is 0.325 e. The molecule has 3 heteroatoms. The summed E-state index contributed by atoms with van der Waals surface area (Å²) >= 11 is 1.57. The zero-order valence-electron chi connectivity index (χ0n) is 12.0. The minimum absolute atomic E-state index is 0.0289. The van der Waals surface area contributed by atoms with Gasteiger partial charge >= 0.3 is 0 Å². The predicted octanol–water partition coefficient (Wildman–Crippen LogP) is 4.42. The molecule has 104 valence electrons. The van der Waals surface area contributed by atoms with Crippen LogP contribution in [0.2, 0.25) is 0 Å². The summed E-state index contributed by atoms with van der Waals surface area (Å²) in [7, 11) is 0. The van der Waals surface area contributed by atoms with Crippen molar-refractivity contribution in [2.24, 2.45) is 0 Å². The number of anilines is 1. The van der Waals surface area contributed by atoms with Gasteiger partial charge in [0, 0.05) is 10.6 Å². The summed E-state index contributed by atoms with van der Waals surface area (Å²) in [5.74, 6) is 0.0289. The Hall–Kier alpha value is -1.74. The molecule has 0 spiro atoms. The van der Waals surface area contributed by atoms with E-state index >= 15 is 0 Å². The molecule has 0 heterocycles. The lowest BCUT2D eigenvalue weighted by atomic mass is 10.2. The van der Waals surface area contributed by atoms with Gasteiger partial charge in [0.25, 0.3) is 0 Å². The van der Waals surface area contributed by atoms with Gasteiger partial charge < -0.3 is 5.32 Å². The summed E-state index contributed by atoms with van der Waals surface area (Å²) in [4.78, 5) is 13.3. The second-order valence-electron chi connectivity index (χ2n) is 4.93. The quantitative estimate of drug-likeness (QED) is 0.842. The highest BCUT2D eigenvalue weighted by molar-refractivity contribution is 8.00.